The van der Waals surface area contributed by atoms with E-state index in [1.807, 2.05) is 18.2 Å². The summed E-state index contributed by atoms with van der Waals surface area (Å²) in [6.07, 6.45) is 0. The molecule has 0 aliphatic rings. The molecule has 2 aromatic carbocycles. The summed E-state index contributed by atoms with van der Waals surface area (Å²) in [5.41, 5.74) is 3.53. The van der Waals surface area contributed by atoms with Crippen LogP contribution in [0.15, 0.2) is 53.4 Å². The van der Waals surface area contributed by atoms with Crippen LogP contribution in [0.3, 0.4) is 0 Å². The van der Waals surface area contributed by atoms with Crippen LogP contribution in [0.5, 0.6) is 0 Å². The van der Waals surface area contributed by atoms with Crippen molar-refractivity contribution >= 4 is 11.1 Å². The lowest BCUT2D eigenvalue weighted by Gasteiger charge is -2.20. The van der Waals surface area contributed by atoms with Gasteiger partial charge in [-0.2, -0.15) is 0 Å². The summed E-state index contributed by atoms with van der Waals surface area (Å²) < 4.78 is 20.1. The highest BCUT2D eigenvalue weighted by atomic mass is 32.2. The first kappa shape index (κ1) is 15.9. The Morgan fingerprint density at radius 2 is 1.62 bits per heavy atom. The second kappa shape index (κ2) is 7.50. The first-order chi connectivity index (χ1) is 10.2. The van der Waals surface area contributed by atoms with Gasteiger partial charge >= 0.3 is 0 Å². The molecule has 0 radical (unpaired) electrons. The Balaban J connectivity index is 2.33. The minimum absolute atomic E-state index is 0.431. The molecule has 21 heavy (non-hydrogen) atoms. The monoisotopic (exact) mass is 303 g/mol. The maximum Gasteiger partial charge on any atom is 0.186 e. The molecule has 1 atom stereocenters. The summed E-state index contributed by atoms with van der Waals surface area (Å²) in [7, 11) is 0. The van der Waals surface area contributed by atoms with E-state index in [0.29, 0.717) is 4.90 Å². The van der Waals surface area contributed by atoms with E-state index in [4.69, 9.17) is 4.55 Å². The number of nitrogens with zero attached hydrogens (tertiary/aromatic N) is 1. The van der Waals surface area contributed by atoms with Crippen molar-refractivity contribution in [3.8, 4) is 11.1 Å². The molecule has 2 rings (SSSR count). The van der Waals surface area contributed by atoms with E-state index in [1.165, 1.54) is 11.1 Å². The lowest BCUT2D eigenvalue weighted by Crippen LogP contribution is -2.22. The van der Waals surface area contributed by atoms with Gasteiger partial charge in [0.25, 0.3) is 0 Å². The summed E-state index contributed by atoms with van der Waals surface area (Å²) in [5, 5.41) is 0. The summed E-state index contributed by atoms with van der Waals surface area (Å²) in [6, 6.07) is 15.6. The quantitative estimate of drug-likeness (QED) is 0.826. The van der Waals surface area contributed by atoms with Gasteiger partial charge in [0.15, 0.2) is 11.1 Å². The molecule has 4 heteroatoms. The number of hydrogen-bond acceptors (Lipinski definition) is 2. The molecule has 0 aliphatic heterocycles. The van der Waals surface area contributed by atoms with E-state index in [-0.39, 0.29) is 0 Å². The molecule has 0 saturated heterocycles. The highest BCUT2D eigenvalue weighted by Gasteiger charge is 2.08. The number of benzene rings is 2. The fraction of sp³-hybridized carbons (Fsp3) is 0.294. The predicted molar refractivity (Wildman–Crippen MR) is 87.5 cm³/mol. The first-order valence-corrected chi connectivity index (χ1v) is 8.28. The van der Waals surface area contributed by atoms with Gasteiger partial charge in [0.1, 0.15) is 0 Å². The normalized spacial score (nSPS) is 12.6. The Labute approximate surface area is 128 Å². The number of hydrogen-bond donors (Lipinski definition) is 1. The Kier molecular flexibility index (Phi) is 5.67. The Morgan fingerprint density at radius 1 is 1.00 bits per heavy atom. The van der Waals surface area contributed by atoms with Crippen molar-refractivity contribution in [3.63, 3.8) is 0 Å². The molecule has 0 amide bonds. The largest absolute Gasteiger partial charge is 0.302 e. The molecule has 1 unspecified atom stereocenters. The maximum absolute atomic E-state index is 11.0. The van der Waals surface area contributed by atoms with Crippen LogP contribution in [-0.4, -0.2) is 26.8 Å². The third kappa shape index (κ3) is 4.00. The van der Waals surface area contributed by atoms with Crippen LogP contribution in [0, 0.1) is 0 Å². The van der Waals surface area contributed by atoms with Crippen molar-refractivity contribution in [1.82, 2.24) is 4.90 Å². The molecule has 0 bridgehead atoms. The summed E-state index contributed by atoms with van der Waals surface area (Å²) in [4.78, 5) is 2.80. The molecule has 0 fully saturated rings. The van der Waals surface area contributed by atoms with E-state index in [0.717, 1.165) is 25.2 Å². The van der Waals surface area contributed by atoms with Gasteiger partial charge in [0.05, 0.1) is 4.90 Å². The Hall–Kier alpha value is -1.49. The summed E-state index contributed by atoms with van der Waals surface area (Å²) in [5.74, 6) is 0. The topological polar surface area (TPSA) is 40.5 Å². The minimum atomic E-state index is -1.92. The molecular formula is C17H21NO2S. The minimum Gasteiger partial charge on any atom is -0.302 e. The van der Waals surface area contributed by atoms with Crippen LogP contribution in [0.25, 0.3) is 11.1 Å². The second-order valence-corrected chi connectivity index (χ2v) is 5.86. The first-order valence-electron chi connectivity index (χ1n) is 7.17. The van der Waals surface area contributed by atoms with E-state index in [9.17, 15) is 4.21 Å². The highest BCUT2D eigenvalue weighted by molar-refractivity contribution is 7.79. The average Bonchev–Trinajstić information content (AvgIpc) is 2.53. The van der Waals surface area contributed by atoms with Crippen LogP contribution in [0.2, 0.25) is 0 Å². The van der Waals surface area contributed by atoms with E-state index < -0.39 is 11.1 Å². The molecule has 0 spiro atoms. The zero-order valence-electron chi connectivity index (χ0n) is 12.5. The van der Waals surface area contributed by atoms with Gasteiger partial charge in [-0.05, 0) is 41.9 Å². The van der Waals surface area contributed by atoms with Gasteiger partial charge in [-0.3, -0.25) is 4.90 Å². The van der Waals surface area contributed by atoms with Gasteiger partial charge in [-0.15, -0.1) is 0 Å². The molecule has 0 aliphatic carbocycles. The molecule has 2 aromatic rings. The van der Waals surface area contributed by atoms with Crippen LogP contribution in [-0.2, 0) is 17.6 Å². The Bertz CT molecular complexity index is 606. The zero-order chi connectivity index (χ0) is 15.2. The predicted octanol–water partition coefficient (Wildman–Crippen LogP) is 3.78. The van der Waals surface area contributed by atoms with Gasteiger partial charge in [-0.1, -0.05) is 50.2 Å². The van der Waals surface area contributed by atoms with Crippen LogP contribution in [0.4, 0.5) is 0 Å². The van der Waals surface area contributed by atoms with Crippen LogP contribution >= 0.6 is 0 Å². The molecule has 112 valence electrons. The average molecular weight is 303 g/mol. The molecule has 0 saturated carbocycles. The lowest BCUT2D eigenvalue weighted by molar-refractivity contribution is 0.296. The van der Waals surface area contributed by atoms with Gasteiger partial charge in [0.2, 0.25) is 0 Å². The SMILES string of the molecule is CCN(CC)Cc1ccccc1-c1ccc(S(=O)O)cc1. The number of rotatable bonds is 6. The molecule has 3 nitrogen and oxygen atoms in total. The summed E-state index contributed by atoms with van der Waals surface area (Å²) >= 11 is -1.92. The van der Waals surface area contributed by atoms with E-state index >= 15 is 0 Å². The zero-order valence-corrected chi connectivity index (χ0v) is 13.3. The van der Waals surface area contributed by atoms with E-state index in [1.54, 1.807) is 12.1 Å². The van der Waals surface area contributed by atoms with E-state index in [2.05, 4.69) is 36.9 Å². The third-order valence-corrected chi connectivity index (χ3v) is 4.35. The van der Waals surface area contributed by atoms with Crippen molar-refractivity contribution in [2.75, 3.05) is 13.1 Å². The van der Waals surface area contributed by atoms with Gasteiger partial charge < -0.3 is 4.55 Å². The molecule has 0 heterocycles. The molecule has 0 aromatic heterocycles. The van der Waals surface area contributed by atoms with Crippen LogP contribution in [0.1, 0.15) is 19.4 Å². The van der Waals surface area contributed by atoms with Crippen molar-refractivity contribution in [2.45, 2.75) is 25.3 Å². The van der Waals surface area contributed by atoms with Crippen molar-refractivity contribution in [3.05, 3.63) is 54.1 Å². The summed E-state index contributed by atoms with van der Waals surface area (Å²) in [6.45, 7) is 7.28. The Morgan fingerprint density at radius 3 is 2.19 bits per heavy atom. The molecular weight excluding hydrogens is 282 g/mol. The molecule has 1 N–H and O–H groups in total. The standard InChI is InChI=1S/C17H21NO2S/c1-3-18(4-2)13-15-7-5-6-8-17(15)14-9-11-16(12-10-14)21(19)20/h5-12H,3-4,13H2,1-2H3,(H,19,20). The highest BCUT2D eigenvalue weighted by Crippen LogP contribution is 2.25. The fourth-order valence-electron chi connectivity index (χ4n) is 2.38. The smallest absolute Gasteiger partial charge is 0.186 e. The van der Waals surface area contributed by atoms with Gasteiger partial charge in [0, 0.05) is 6.54 Å². The van der Waals surface area contributed by atoms with Crippen molar-refractivity contribution in [2.24, 2.45) is 0 Å². The van der Waals surface area contributed by atoms with Crippen molar-refractivity contribution < 1.29 is 8.76 Å². The van der Waals surface area contributed by atoms with Crippen LogP contribution < -0.4 is 0 Å². The fourth-order valence-corrected chi connectivity index (χ4v) is 2.75. The van der Waals surface area contributed by atoms with Crippen molar-refractivity contribution in [1.29, 1.82) is 0 Å². The van der Waals surface area contributed by atoms with Gasteiger partial charge in [-0.25, -0.2) is 4.21 Å². The third-order valence-electron chi connectivity index (χ3n) is 3.67. The maximum atomic E-state index is 11.0. The lowest BCUT2D eigenvalue weighted by atomic mass is 9.99. The second-order valence-electron chi connectivity index (χ2n) is 4.89.